The molecule has 2 heterocycles. The molecule has 0 saturated heterocycles. The first-order valence-electron chi connectivity index (χ1n) is 4.30. The first kappa shape index (κ1) is 9.45. The van der Waals surface area contributed by atoms with E-state index in [1.54, 1.807) is 18.2 Å². The van der Waals surface area contributed by atoms with Crippen LogP contribution in [0.3, 0.4) is 0 Å². The molecule has 0 amide bonds. The number of methoxy groups -OCH3 is 1. The van der Waals surface area contributed by atoms with E-state index in [9.17, 15) is 4.79 Å². The van der Waals surface area contributed by atoms with Crippen molar-refractivity contribution in [2.24, 2.45) is 0 Å². The Hall–Kier alpha value is -2.10. The first-order valence-corrected chi connectivity index (χ1v) is 4.30. The van der Waals surface area contributed by atoms with Crippen molar-refractivity contribution < 1.29 is 13.9 Å². The third kappa shape index (κ3) is 1.74. The summed E-state index contributed by atoms with van der Waals surface area (Å²) in [6.07, 6.45) is 2.15. The molecule has 2 aromatic heterocycles. The second kappa shape index (κ2) is 3.96. The normalized spacial score (nSPS) is 9.93. The Morgan fingerprint density at radius 1 is 1.53 bits per heavy atom. The summed E-state index contributed by atoms with van der Waals surface area (Å²) in [4.78, 5) is 14.4. The van der Waals surface area contributed by atoms with Crippen LogP contribution in [0, 0.1) is 6.07 Å². The summed E-state index contributed by atoms with van der Waals surface area (Å²) in [7, 11) is 1.52. The van der Waals surface area contributed by atoms with Crippen molar-refractivity contribution in [3.63, 3.8) is 0 Å². The largest absolute Gasteiger partial charge is 0.480 e. The molecule has 0 spiro atoms. The quantitative estimate of drug-likeness (QED) is 0.714. The SMILES string of the molecule is COc1nc[c]cc1-c1ccc(C=O)o1. The van der Waals surface area contributed by atoms with Crippen molar-refractivity contribution in [3.05, 3.63) is 36.2 Å². The molecule has 0 saturated carbocycles. The van der Waals surface area contributed by atoms with Gasteiger partial charge in [-0.1, -0.05) is 0 Å². The Morgan fingerprint density at radius 2 is 2.40 bits per heavy atom. The third-order valence-corrected chi connectivity index (χ3v) is 1.92. The number of rotatable bonds is 3. The Bertz CT molecular complexity index is 476. The van der Waals surface area contributed by atoms with Crippen LogP contribution in [0.1, 0.15) is 10.6 Å². The van der Waals surface area contributed by atoms with Gasteiger partial charge in [0.2, 0.25) is 5.88 Å². The smallest absolute Gasteiger partial charge is 0.224 e. The summed E-state index contributed by atoms with van der Waals surface area (Å²) in [6, 6.07) is 7.80. The molecule has 0 atom stereocenters. The molecule has 4 heteroatoms. The molecule has 2 rings (SSSR count). The van der Waals surface area contributed by atoms with Gasteiger partial charge < -0.3 is 9.15 Å². The molecule has 0 fully saturated rings. The van der Waals surface area contributed by atoms with Crippen LogP contribution in [0.15, 0.2) is 28.8 Å². The third-order valence-electron chi connectivity index (χ3n) is 1.92. The summed E-state index contributed by atoms with van der Waals surface area (Å²) in [6.45, 7) is 0. The van der Waals surface area contributed by atoms with Crippen LogP contribution in [0.25, 0.3) is 11.3 Å². The number of pyridine rings is 1. The number of ether oxygens (including phenoxy) is 1. The molecule has 0 aliphatic carbocycles. The lowest BCUT2D eigenvalue weighted by atomic mass is 10.2. The van der Waals surface area contributed by atoms with E-state index in [1.165, 1.54) is 13.3 Å². The Balaban J connectivity index is 2.48. The molecule has 4 nitrogen and oxygen atoms in total. The molecule has 0 N–H and O–H groups in total. The van der Waals surface area contributed by atoms with Gasteiger partial charge in [-0.25, -0.2) is 4.98 Å². The lowest BCUT2D eigenvalue weighted by Gasteiger charge is -2.02. The topological polar surface area (TPSA) is 52.3 Å². The maximum absolute atomic E-state index is 10.5. The van der Waals surface area contributed by atoms with Crippen LogP contribution in [-0.2, 0) is 0 Å². The summed E-state index contributed by atoms with van der Waals surface area (Å²) in [5.41, 5.74) is 0.674. The van der Waals surface area contributed by atoms with Crippen molar-refractivity contribution >= 4 is 6.29 Å². The van der Waals surface area contributed by atoms with Crippen molar-refractivity contribution in [2.75, 3.05) is 7.11 Å². The molecular formula is C11H8NO3. The van der Waals surface area contributed by atoms with E-state index in [4.69, 9.17) is 9.15 Å². The van der Waals surface area contributed by atoms with Crippen molar-refractivity contribution in [1.29, 1.82) is 0 Å². The molecule has 0 bridgehead atoms. The standard InChI is InChI=1S/C11H8NO3/c1-14-11-9(3-2-6-12-11)10-5-4-8(7-13)15-10/h3-7H,1H3. The lowest BCUT2D eigenvalue weighted by molar-refractivity contribution is 0.110. The Labute approximate surface area is 86.5 Å². The van der Waals surface area contributed by atoms with Crippen LogP contribution in [0.5, 0.6) is 5.88 Å². The minimum atomic E-state index is 0.274. The van der Waals surface area contributed by atoms with Crippen LogP contribution < -0.4 is 4.74 Å². The first-order chi connectivity index (χ1) is 7.35. The van der Waals surface area contributed by atoms with Gasteiger partial charge in [-0.2, -0.15) is 0 Å². The maximum atomic E-state index is 10.5. The van der Waals surface area contributed by atoms with E-state index in [-0.39, 0.29) is 5.76 Å². The minimum Gasteiger partial charge on any atom is -0.480 e. The average molecular weight is 202 g/mol. The minimum absolute atomic E-state index is 0.274. The summed E-state index contributed by atoms with van der Waals surface area (Å²) in [5, 5.41) is 0. The van der Waals surface area contributed by atoms with Crippen LogP contribution in [-0.4, -0.2) is 18.4 Å². The van der Waals surface area contributed by atoms with Crippen LogP contribution in [0.4, 0.5) is 0 Å². The fourth-order valence-electron chi connectivity index (χ4n) is 1.25. The summed E-state index contributed by atoms with van der Waals surface area (Å²) in [5.74, 6) is 1.26. The van der Waals surface area contributed by atoms with Crippen LogP contribution >= 0.6 is 0 Å². The Kier molecular flexibility index (Phi) is 2.49. The molecular weight excluding hydrogens is 194 g/mol. The highest BCUT2D eigenvalue weighted by Gasteiger charge is 2.10. The van der Waals surface area contributed by atoms with Gasteiger partial charge in [0.25, 0.3) is 0 Å². The van der Waals surface area contributed by atoms with Gasteiger partial charge in [0.15, 0.2) is 12.0 Å². The van der Waals surface area contributed by atoms with Crippen molar-refractivity contribution in [1.82, 2.24) is 4.98 Å². The van der Waals surface area contributed by atoms with Gasteiger partial charge in [0, 0.05) is 12.3 Å². The van der Waals surface area contributed by atoms with Crippen molar-refractivity contribution in [3.8, 4) is 17.2 Å². The number of carbonyl (C=O) groups is 1. The van der Waals surface area contributed by atoms with E-state index < -0.39 is 0 Å². The van der Waals surface area contributed by atoms with Gasteiger partial charge >= 0.3 is 0 Å². The fraction of sp³-hybridized carbons (Fsp3) is 0.0909. The molecule has 15 heavy (non-hydrogen) atoms. The fourth-order valence-corrected chi connectivity index (χ4v) is 1.25. The number of furan rings is 1. The number of hydrogen-bond acceptors (Lipinski definition) is 4. The van der Waals surface area contributed by atoms with Gasteiger partial charge in [0.1, 0.15) is 5.76 Å². The van der Waals surface area contributed by atoms with Gasteiger partial charge in [-0.15, -0.1) is 0 Å². The average Bonchev–Trinajstić information content (AvgIpc) is 2.77. The lowest BCUT2D eigenvalue weighted by Crippen LogP contribution is -1.89. The Morgan fingerprint density at radius 3 is 3.07 bits per heavy atom. The molecule has 0 unspecified atom stereocenters. The number of hydrogen-bond donors (Lipinski definition) is 0. The zero-order valence-corrected chi connectivity index (χ0v) is 8.06. The highest BCUT2D eigenvalue weighted by molar-refractivity contribution is 5.73. The van der Waals surface area contributed by atoms with Gasteiger partial charge in [0.05, 0.1) is 12.7 Å². The molecule has 0 aliphatic heterocycles. The second-order valence-corrected chi connectivity index (χ2v) is 2.81. The predicted molar refractivity (Wildman–Crippen MR) is 52.7 cm³/mol. The highest BCUT2D eigenvalue weighted by Crippen LogP contribution is 2.28. The predicted octanol–water partition coefficient (Wildman–Crippen LogP) is 1.96. The molecule has 0 aliphatic rings. The molecule has 2 aromatic rings. The van der Waals surface area contributed by atoms with E-state index in [2.05, 4.69) is 11.1 Å². The zero-order valence-electron chi connectivity index (χ0n) is 8.06. The maximum Gasteiger partial charge on any atom is 0.224 e. The van der Waals surface area contributed by atoms with Crippen LogP contribution in [0.2, 0.25) is 0 Å². The van der Waals surface area contributed by atoms with E-state index in [0.717, 1.165) is 0 Å². The van der Waals surface area contributed by atoms with Gasteiger partial charge in [-0.05, 0) is 18.2 Å². The number of aromatic nitrogens is 1. The number of carbonyl (C=O) groups excluding carboxylic acids is 1. The van der Waals surface area contributed by atoms with E-state index in [1.807, 2.05) is 0 Å². The molecule has 75 valence electrons. The molecule has 1 radical (unpaired) electrons. The van der Waals surface area contributed by atoms with Gasteiger partial charge in [-0.3, -0.25) is 4.79 Å². The molecule has 0 aromatic carbocycles. The van der Waals surface area contributed by atoms with E-state index in [0.29, 0.717) is 23.5 Å². The highest BCUT2D eigenvalue weighted by atomic mass is 16.5. The monoisotopic (exact) mass is 202 g/mol. The van der Waals surface area contributed by atoms with Crippen molar-refractivity contribution in [2.45, 2.75) is 0 Å². The summed E-state index contributed by atoms with van der Waals surface area (Å²) < 4.78 is 10.3. The zero-order chi connectivity index (χ0) is 10.7. The van der Waals surface area contributed by atoms with E-state index >= 15 is 0 Å². The number of aldehydes is 1. The number of nitrogens with zero attached hydrogens (tertiary/aromatic N) is 1. The summed E-state index contributed by atoms with van der Waals surface area (Å²) >= 11 is 0. The second-order valence-electron chi connectivity index (χ2n) is 2.81.